The van der Waals surface area contributed by atoms with Crippen molar-refractivity contribution in [1.82, 2.24) is 5.32 Å². The number of rotatable bonds is 5. The Morgan fingerprint density at radius 3 is 2.83 bits per heavy atom. The SMILES string of the molecule is C[C@@H]1[C@H](C)CCC[C@@H]1NC(=O)[C@@H](C)OC(=O)CN1C(=O)CCOc2ccccc21. The van der Waals surface area contributed by atoms with Gasteiger partial charge in [-0.1, -0.05) is 38.8 Å². The lowest BCUT2D eigenvalue weighted by atomic mass is 9.78. The van der Waals surface area contributed by atoms with Gasteiger partial charge in [0.1, 0.15) is 12.3 Å². The topological polar surface area (TPSA) is 84.9 Å². The molecule has 7 nitrogen and oxygen atoms in total. The maximum absolute atomic E-state index is 12.5. The number of hydrogen-bond acceptors (Lipinski definition) is 5. The normalized spacial score (nSPS) is 25.3. The van der Waals surface area contributed by atoms with E-state index >= 15 is 0 Å². The number of para-hydroxylation sites is 2. The fourth-order valence-corrected chi connectivity index (χ4v) is 4.00. The summed E-state index contributed by atoms with van der Waals surface area (Å²) in [7, 11) is 0. The van der Waals surface area contributed by atoms with E-state index < -0.39 is 12.1 Å². The third kappa shape index (κ3) is 5.08. The summed E-state index contributed by atoms with van der Waals surface area (Å²) in [5.41, 5.74) is 0.536. The molecule has 1 aliphatic heterocycles. The van der Waals surface area contributed by atoms with Gasteiger partial charge < -0.3 is 14.8 Å². The van der Waals surface area contributed by atoms with Crippen LogP contribution in [0.3, 0.4) is 0 Å². The fourth-order valence-electron chi connectivity index (χ4n) is 4.00. The smallest absolute Gasteiger partial charge is 0.326 e. The van der Waals surface area contributed by atoms with Crippen molar-refractivity contribution in [1.29, 1.82) is 0 Å². The molecule has 3 rings (SSSR count). The van der Waals surface area contributed by atoms with Gasteiger partial charge in [-0.15, -0.1) is 0 Å². The van der Waals surface area contributed by atoms with E-state index in [4.69, 9.17) is 9.47 Å². The van der Waals surface area contributed by atoms with Crippen LogP contribution in [0.4, 0.5) is 5.69 Å². The molecule has 2 amide bonds. The van der Waals surface area contributed by atoms with Crippen molar-refractivity contribution in [3.05, 3.63) is 24.3 Å². The minimum absolute atomic E-state index is 0.101. The third-order valence-electron chi connectivity index (χ3n) is 6.03. The van der Waals surface area contributed by atoms with Gasteiger partial charge in [0.25, 0.3) is 5.91 Å². The number of amides is 2. The van der Waals surface area contributed by atoms with Crippen LogP contribution in [-0.4, -0.2) is 43.1 Å². The predicted molar refractivity (Wildman–Crippen MR) is 109 cm³/mol. The molecule has 0 radical (unpaired) electrons. The van der Waals surface area contributed by atoms with Crippen LogP contribution in [0.5, 0.6) is 5.75 Å². The number of hydrogen-bond donors (Lipinski definition) is 1. The first-order chi connectivity index (χ1) is 13.9. The summed E-state index contributed by atoms with van der Waals surface area (Å²) >= 11 is 0. The van der Waals surface area contributed by atoms with E-state index in [-0.39, 0.29) is 37.4 Å². The molecule has 0 aromatic heterocycles. The number of nitrogens with zero attached hydrogens (tertiary/aromatic N) is 1. The Labute approximate surface area is 171 Å². The number of fused-ring (bicyclic) bond motifs is 1. The second-order valence-corrected chi connectivity index (χ2v) is 8.06. The molecular weight excluding hydrogens is 372 g/mol. The number of esters is 1. The summed E-state index contributed by atoms with van der Waals surface area (Å²) in [6.07, 6.45) is 2.46. The highest BCUT2D eigenvalue weighted by atomic mass is 16.5. The zero-order chi connectivity index (χ0) is 21.0. The van der Waals surface area contributed by atoms with Gasteiger partial charge in [0, 0.05) is 6.04 Å². The lowest BCUT2D eigenvalue weighted by molar-refractivity contribution is -0.154. The van der Waals surface area contributed by atoms with Gasteiger partial charge in [-0.25, -0.2) is 0 Å². The van der Waals surface area contributed by atoms with Gasteiger partial charge in [-0.3, -0.25) is 19.3 Å². The lowest BCUT2D eigenvalue weighted by Gasteiger charge is -2.35. The number of carbonyl (C=O) groups is 3. The van der Waals surface area contributed by atoms with Gasteiger partial charge in [-0.2, -0.15) is 0 Å². The molecule has 29 heavy (non-hydrogen) atoms. The van der Waals surface area contributed by atoms with E-state index in [0.29, 0.717) is 23.3 Å². The average Bonchev–Trinajstić information content (AvgIpc) is 2.84. The van der Waals surface area contributed by atoms with Gasteiger partial charge >= 0.3 is 5.97 Å². The highest BCUT2D eigenvalue weighted by Crippen LogP contribution is 2.31. The molecule has 0 saturated heterocycles. The molecule has 7 heteroatoms. The van der Waals surface area contributed by atoms with Crippen LogP contribution < -0.4 is 15.0 Å². The molecule has 1 aromatic rings. The quantitative estimate of drug-likeness (QED) is 0.766. The molecule has 1 N–H and O–H groups in total. The van der Waals surface area contributed by atoms with Crippen molar-refractivity contribution in [2.24, 2.45) is 11.8 Å². The van der Waals surface area contributed by atoms with E-state index in [1.54, 1.807) is 25.1 Å². The van der Waals surface area contributed by atoms with Crippen molar-refractivity contribution >= 4 is 23.5 Å². The van der Waals surface area contributed by atoms with Crippen molar-refractivity contribution in [2.45, 2.75) is 58.6 Å². The zero-order valence-electron chi connectivity index (χ0n) is 17.3. The van der Waals surface area contributed by atoms with Gasteiger partial charge in [0.2, 0.25) is 5.91 Å². The van der Waals surface area contributed by atoms with E-state index in [2.05, 4.69) is 19.2 Å². The molecule has 0 spiro atoms. The maximum atomic E-state index is 12.5. The Bertz CT molecular complexity index is 765. The second kappa shape index (κ2) is 9.29. The number of nitrogens with one attached hydrogen (secondary N) is 1. The number of benzene rings is 1. The second-order valence-electron chi connectivity index (χ2n) is 8.06. The zero-order valence-corrected chi connectivity index (χ0v) is 17.3. The van der Waals surface area contributed by atoms with Gasteiger partial charge in [0.15, 0.2) is 6.10 Å². The summed E-state index contributed by atoms with van der Waals surface area (Å²) in [4.78, 5) is 38.8. The van der Waals surface area contributed by atoms with Crippen molar-refractivity contribution in [2.75, 3.05) is 18.1 Å². The molecule has 158 valence electrons. The van der Waals surface area contributed by atoms with E-state index in [1.165, 1.54) is 11.3 Å². The van der Waals surface area contributed by atoms with Crippen LogP contribution in [0.1, 0.15) is 46.5 Å². The molecule has 0 bridgehead atoms. The van der Waals surface area contributed by atoms with E-state index in [1.807, 2.05) is 6.07 Å². The molecule has 1 aromatic carbocycles. The molecule has 1 aliphatic carbocycles. The Kier molecular flexibility index (Phi) is 6.77. The highest BCUT2D eigenvalue weighted by molar-refractivity contribution is 5.99. The number of ether oxygens (including phenoxy) is 2. The van der Waals surface area contributed by atoms with E-state index in [9.17, 15) is 14.4 Å². The van der Waals surface area contributed by atoms with Crippen LogP contribution in [0.2, 0.25) is 0 Å². The van der Waals surface area contributed by atoms with Crippen molar-refractivity contribution < 1.29 is 23.9 Å². The van der Waals surface area contributed by atoms with Crippen molar-refractivity contribution in [3.63, 3.8) is 0 Å². The summed E-state index contributed by atoms with van der Waals surface area (Å²) in [5.74, 6) is 0.370. The van der Waals surface area contributed by atoms with Crippen LogP contribution in [0, 0.1) is 11.8 Å². The Balaban J connectivity index is 1.58. The van der Waals surface area contributed by atoms with Crippen LogP contribution >= 0.6 is 0 Å². The molecular formula is C22H30N2O5. The van der Waals surface area contributed by atoms with Crippen LogP contribution in [-0.2, 0) is 19.1 Å². The summed E-state index contributed by atoms with van der Waals surface area (Å²) in [6, 6.07) is 7.18. The lowest BCUT2D eigenvalue weighted by Crippen LogP contribution is -2.48. The molecule has 4 atom stereocenters. The maximum Gasteiger partial charge on any atom is 0.326 e. The summed E-state index contributed by atoms with van der Waals surface area (Å²) < 4.78 is 10.9. The van der Waals surface area contributed by atoms with Gasteiger partial charge in [0.05, 0.1) is 18.7 Å². The minimum Gasteiger partial charge on any atom is -0.491 e. The largest absolute Gasteiger partial charge is 0.491 e. The third-order valence-corrected chi connectivity index (χ3v) is 6.03. The standard InChI is InChI=1S/C22H30N2O5/c1-14-7-6-8-17(15(14)2)23-22(27)16(3)29-21(26)13-24-18-9-4-5-10-19(18)28-12-11-20(24)25/h4-5,9-10,14-17H,6-8,11-13H2,1-3H3,(H,23,27)/t14-,15-,16-,17+/m1/s1. The van der Waals surface area contributed by atoms with Crippen molar-refractivity contribution in [3.8, 4) is 5.75 Å². The Hall–Kier alpha value is -2.57. The van der Waals surface area contributed by atoms with Crippen LogP contribution in [0.15, 0.2) is 24.3 Å². The number of carbonyl (C=O) groups excluding carboxylic acids is 3. The van der Waals surface area contributed by atoms with Gasteiger partial charge in [-0.05, 0) is 37.3 Å². The minimum atomic E-state index is -0.916. The Morgan fingerprint density at radius 1 is 1.28 bits per heavy atom. The molecule has 2 aliphatic rings. The fraction of sp³-hybridized carbons (Fsp3) is 0.591. The predicted octanol–water partition coefficient (Wildman–Crippen LogP) is 2.67. The number of anilines is 1. The van der Waals surface area contributed by atoms with Crippen LogP contribution in [0.25, 0.3) is 0 Å². The first-order valence-electron chi connectivity index (χ1n) is 10.4. The first kappa shape index (κ1) is 21.1. The molecule has 1 fully saturated rings. The monoisotopic (exact) mass is 402 g/mol. The first-order valence-corrected chi connectivity index (χ1v) is 10.4. The molecule has 1 heterocycles. The molecule has 0 unspecified atom stereocenters. The Morgan fingerprint density at radius 2 is 2.03 bits per heavy atom. The average molecular weight is 402 g/mol. The highest BCUT2D eigenvalue weighted by Gasteiger charge is 2.31. The summed E-state index contributed by atoms with van der Waals surface area (Å²) in [5, 5.41) is 3.03. The molecule has 1 saturated carbocycles. The van der Waals surface area contributed by atoms with E-state index in [0.717, 1.165) is 12.8 Å². The summed E-state index contributed by atoms with van der Waals surface area (Å²) in [6.45, 7) is 5.92.